The highest BCUT2D eigenvalue weighted by Crippen LogP contribution is 2.35. The summed E-state index contributed by atoms with van der Waals surface area (Å²) in [5.74, 6) is 0.804. The van der Waals surface area contributed by atoms with Gasteiger partial charge in [0, 0.05) is 21.3 Å². The fraction of sp³-hybridized carbons (Fsp3) is 0.125. The molecule has 0 bridgehead atoms. The standard InChI is InChI=1S/C16H17FN4S3/c17-12-6-5-11(9-23-16(20)21)14(7-12)24-13-4-2-1-3-10(13)8-22-15(18)19/h1-7H,8-9H2,(H3,18,19)(H3,20,21). The topological polar surface area (TPSA) is 99.7 Å². The van der Waals surface area contributed by atoms with Crippen molar-refractivity contribution in [2.75, 3.05) is 0 Å². The number of amidine groups is 2. The van der Waals surface area contributed by atoms with Crippen molar-refractivity contribution in [2.24, 2.45) is 11.5 Å². The van der Waals surface area contributed by atoms with Gasteiger partial charge in [0.15, 0.2) is 10.3 Å². The van der Waals surface area contributed by atoms with Gasteiger partial charge in [0.25, 0.3) is 0 Å². The molecule has 2 aromatic carbocycles. The largest absolute Gasteiger partial charge is 0.379 e. The third-order valence-corrected chi connectivity index (χ3v) is 5.74. The molecule has 0 aliphatic carbocycles. The van der Waals surface area contributed by atoms with Crippen LogP contribution in [0.5, 0.6) is 0 Å². The van der Waals surface area contributed by atoms with Gasteiger partial charge >= 0.3 is 0 Å². The van der Waals surface area contributed by atoms with E-state index in [9.17, 15) is 4.39 Å². The Morgan fingerprint density at radius 3 is 2.08 bits per heavy atom. The lowest BCUT2D eigenvalue weighted by atomic mass is 10.2. The zero-order chi connectivity index (χ0) is 17.5. The number of thioether (sulfide) groups is 2. The molecule has 0 unspecified atom stereocenters. The Morgan fingerprint density at radius 2 is 1.46 bits per heavy atom. The van der Waals surface area contributed by atoms with Gasteiger partial charge in [-0.3, -0.25) is 10.8 Å². The molecule has 6 N–H and O–H groups in total. The third-order valence-electron chi connectivity index (χ3n) is 2.99. The first-order valence-corrected chi connectivity index (χ1v) is 9.72. The van der Waals surface area contributed by atoms with Crippen LogP contribution in [-0.2, 0) is 11.5 Å². The van der Waals surface area contributed by atoms with E-state index < -0.39 is 0 Å². The second-order valence-corrected chi connectivity index (χ2v) is 7.89. The molecule has 0 saturated carbocycles. The Labute approximate surface area is 153 Å². The van der Waals surface area contributed by atoms with E-state index in [1.165, 1.54) is 47.4 Å². The van der Waals surface area contributed by atoms with Crippen molar-refractivity contribution in [1.29, 1.82) is 10.8 Å². The molecular formula is C16H17FN4S3. The van der Waals surface area contributed by atoms with E-state index in [4.69, 9.17) is 22.3 Å². The Balaban J connectivity index is 2.25. The van der Waals surface area contributed by atoms with Crippen LogP contribution >= 0.6 is 35.3 Å². The average molecular weight is 381 g/mol. The molecule has 2 aromatic rings. The highest BCUT2D eigenvalue weighted by atomic mass is 32.2. The molecule has 0 fully saturated rings. The molecule has 0 radical (unpaired) electrons. The smallest absolute Gasteiger partial charge is 0.151 e. The Hall–Kier alpha value is -1.64. The van der Waals surface area contributed by atoms with Crippen molar-refractivity contribution in [2.45, 2.75) is 21.3 Å². The molecule has 0 spiro atoms. The van der Waals surface area contributed by atoms with Gasteiger partial charge in [-0.25, -0.2) is 4.39 Å². The summed E-state index contributed by atoms with van der Waals surface area (Å²) in [6.45, 7) is 0. The minimum Gasteiger partial charge on any atom is -0.379 e. The van der Waals surface area contributed by atoms with Gasteiger partial charge in [-0.1, -0.05) is 59.6 Å². The maximum Gasteiger partial charge on any atom is 0.151 e. The number of nitrogens with two attached hydrogens (primary N) is 2. The minimum absolute atomic E-state index is 0.0357. The van der Waals surface area contributed by atoms with Gasteiger partial charge in [0.1, 0.15) is 5.82 Å². The predicted octanol–water partition coefficient (Wildman–Crippen LogP) is 4.23. The van der Waals surface area contributed by atoms with Crippen LogP contribution in [0.25, 0.3) is 0 Å². The molecule has 0 amide bonds. The molecule has 2 rings (SSSR count). The van der Waals surface area contributed by atoms with E-state index >= 15 is 0 Å². The summed E-state index contributed by atoms with van der Waals surface area (Å²) >= 11 is 3.93. The van der Waals surface area contributed by atoms with Crippen molar-refractivity contribution in [3.63, 3.8) is 0 Å². The first-order chi connectivity index (χ1) is 11.5. The molecule has 24 heavy (non-hydrogen) atoms. The lowest BCUT2D eigenvalue weighted by Crippen LogP contribution is -2.04. The predicted molar refractivity (Wildman–Crippen MR) is 103 cm³/mol. The average Bonchev–Trinajstić information content (AvgIpc) is 2.53. The van der Waals surface area contributed by atoms with Gasteiger partial charge in [-0.2, -0.15) is 0 Å². The Bertz CT molecular complexity index is 752. The summed E-state index contributed by atoms with van der Waals surface area (Å²) in [6, 6.07) is 12.4. The normalized spacial score (nSPS) is 10.5. The Kier molecular flexibility index (Phi) is 7.01. The molecule has 4 nitrogen and oxygen atoms in total. The van der Waals surface area contributed by atoms with Crippen molar-refractivity contribution in [3.8, 4) is 0 Å². The lowest BCUT2D eigenvalue weighted by molar-refractivity contribution is 0.623. The molecule has 0 aromatic heterocycles. The molecule has 8 heteroatoms. The van der Waals surface area contributed by atoms with Crippen LogP contribution in [0.2, 0.25) is 0 Å². The number of benzene rings is 2. The SMILES string of the molecule is N=C(N)SCc1ccccc1Sc1cc(F)ccc1CSC(=N)N. The molecule has 0 aliphatic heterocycles. The van der Waals surface area contributed by atoms with Crippen molar-refractivity contribution in [3.05, 3.63) is 59.4 Å². The summed E-state index contributed by atoms with van der Waals surface area (Å²) in [6.07, 6.45) is 0. The van der Waals surface area contributed by atoms with Crippen molar-refractivity contribution in [1.82, 2.24) is 0 Å². The van der Waals surface area contributed by atoms with Crippen LogP contribution in [0.3, 0.4) is 0 Å². The molecule has 0 atom stereocenters. The summed E-state index contributed by atoms with van der Waals surface area (Å²) in [4.78, 5) is 1.79. The molecule has 0 saturated heterocycles. The van der Waals surface area contributed by atoms with E-state index in [1.54, 1.807) is 6.07 Å². The van der Waals surface area contributed by atoms with Crippen LogP contribution in [0, 0.1) is 16.6 Å². The lowest BCUT2D eigenvalue weighted by Gasteiger charge is -2.12. The van der Waals surface area contributed by atoms with Crippen LogP contribution in [0.15, 0.2) is 52.3 Å². The third kappa shape index (κ3) is 5.77. The maximum atomic E-state index is 13.7. The summed E-state index contributed by atoms with van der Waals surface area (Å²) in [5, 5.41) is 14.8. The van der Waals surface area contributed by atoms with Gasteiger partial charge in [-0.15, -0.1) is 0 Å². The van der Waals surface area contributed by atoms with Crippen LogP contribution in [-0.4, -0.2) is 10.3 Å². The van der Waals surface area contributed by atoms with E-state index in [0.717, 1.165) is 20.9 Å². The second kappa shape index (κ2) is 9.00. The first-order valence-electron chi connectivity index (χ1n) is 6.93. The molecule has 0 aliphatic rings. The minimum atomic E-state index is -0.301. The first kappa shape index (κ1) is 18.7. The summed E-state index contributed by atoms with van der Waals surface area (Å²) in [5.41, 5.74) is 12.8. The summed E-state index contributed by atoms with van der Waals surface area (Å²) < 4.78 is 13.7. The second-order valence-electron chi connectivity index (χ2n) is 4.77. The van der Waals surface area contributed by atoms with Gasteiger partial charge in [0.05, 0.1) is 0 Å². The molecular weight excluding hydrogens is 363 g/mol. The van der Waals surface area contributed by atoms with Crippen molar-refractivity contribution >= 4 is 45.6 Å². The van der Waals surface area contributed by atoms with E-state index in [0.29, 0.717) is 11.5 Å². The van der Waals surface area contributed by atoms with E-state index in [1.807, 2.05) is 24.3 Å². The van der Waals surface area contributed by atoms with E-state index in [2.05, 4.69) is 0 Å². The number of nitrogens with one attached hydrogen (secondary N) is 2. The van der Waals surface area contributed by atoms with Crippen molar-refractivity contribution < 1.29 is 4.39 Å². The summed E-state index contributed by atoms with van der Waals surface area (Å²) in [7, 11) is 0. The van der Waals surface area contributed by atoms with Crippen LogP contribution in [0.4, 0.5) is 4.39 Å². The van der Waals surface area contributed by atoms with Crippen LogP contribution in [0.1, 0.15) is 11.1 Å². The number of hydrogen-bond donors (Lipinski definition) is 4. The number of halogens is 1. The highest BCUT2D eigenvalue weighted by Gasteiger charge is 2.10. The fourth-order valence-corrected chi connectivity index (χ4v) is 4.30. The maximum absolute atomic E-state index is 13.7. The van der Waals surface area contributed by atoms with Gasteiger partial charge < -0.3 is 11.5 Å². The monoisotopic (exact) mass is 380 g/mol. The van der Waals surface area contributed by atoms with Gasteiger partial charge in [0.2, 0.25) is 0 Å². The number of rotatable bonds is 6. The number of hydrogen-bond acceptors (Lipinski definition) is 5. The zero-order valence-corrected chi connectivity index (χ0v) is 15.2. The van der Waals surface area contributed by atoms with Gasteiger partial charge in [-0.05, 0) is 29.3 Å². The molecule has 0 heterocycles. The van der Waals surface area contributed by atoms with Crippen LogP contribution < -0.4 is 11.5 Å². The molecule has 126 valence electrons. The van der Waals surface area contributed by atoms with E-state index in [-0.39, 0.29) is 16.2 Å². The fourth-order valence-electron chi connectivity index (χ4n) is 1.89. The quantitative estimate of drug-likeness (QED) is 0.444. The highest BCUT2D eigenvalue weighted by molar-refractivity contribution is 8.13. The Morgan fingerprint density at radius 1 is 0.875 bits per heavy atom. The zero-order valence-electron chi connectivity index (χ0n) is 12.7.